The zero-order valence-electron chi connectivity index (χ0n) is 5.92. The van der Waals surface area contributed by atoms with Gasteiger partial charge in [-0.3, -0.25) is 0 Å². The van der Waals surface area contributed by atoms with E-state index in [9.17, 15) is 0 Å². The Morgan fingerprint density at radius 3 is 3.00 bits per heavy atom. The molecular formula is C7H12N2S. The maximum atomic E-state index is 8.29. The van der Waals surface area contributed by atoms with Crippen LogP contribution in [0.1, 0.15) is 6.42 Å². The van der Waals surface area contributed by atoms with Gasteiger partial charge in [-0.2, -0.15) is 17.0 Å². The van der Waals surface area contributed by atoms with Gasteiger partial charge in [-0.25, -0.2) is 0 Å². The predicted molar refractivity (Wildman–Crippen MR) is 45.7 cm³/mol. The molecule has 0 aliphatic carbocycles. The van der Waals surface area contributed by atoms with Gasteiger partial charge < -0.3 is 5.73 Å². The summed E-state index contributed by atoms with van der Waals surface area (Å²) in [6.45, 7) is 3.58. The average Bonchev–Trinajstić information content (AvgIpc) is 1.98. The highest BCUT2D eigenvalue weighted by atomic mass is 32.2. The maximum Gasteiger partial charge on any atom is 0.0935 e. The van der Waals surface area contributed by atoms with Crippen LogP contribution in [0.2, 0.25) is 0 Å². The highest BCUT2D eigenvalue weighted by Gasteiger charge is 1.97. The molecule has 2 nitrogen and oxygen atoms in total. The molecule has 0 saturated heterocycles. The minimum absolute atomic E-state index is 0.294. The van der Waals surface area contributed by atoms with Crippen LogP contribution in [0.25, 0.3) is 0 Å². The standard InChI is InChI=1S/C7H12N2S/c1-2-4-10-5-3-7(9)6-8/h2,7H,1,3-5,9H2. The molecule has 0 fully saturated rings. The Morgan fingerprint density at radius 1 is 1.80 bits per heavy atom. The first-order valence-corrected chi connectivity index (χ1v) is 4.30. The summed E-state index contributed by atoms with van der Waals surface area (Å²) in [6, 6.07) is 1.69. The van der Waals surface area contributed by atoms with E-state index in [4.69, 9.17) is 11.0 Å². The van der Waals surface area contributed by atoms with Crippen molar-refractivity contribution in [3.05, 3.63) is 12.7 Å². The summed E-state index contributed by atoms with van der Waals surface area (Å²) in [6.07, 6.45) is 2.62. The molecule has 0 aliphatic rings. The van der Waals surface area contributed by atoms with Crippen LogP contribution in [0.15, 0.2) is 12.7 Å². The number of rotatable bonds is 5. The van der Waals surface area contributed by atoms with Crippen LogP contribution >= 0.6 is 11.8 Å². The molecule has 0 aromatic carbocycles. The van der Waals surface area contributed by atoms with Crippen LogP contribution in [0, 0.1) is 11.3 Å². The molecule has 3 heteroatoms. The molecule has 0 bridgehead atoms. The second-order valence-electron chi connectivity index (χ2n) is 1.89. The van der Waals surface area contributed by atoms with E-state index in [-0.39, 0.29) is 6.04 Å². The van der Waals surface area contributed by atoms with Crippen molar-refractivity contribution in [1.29, 1.82) is 5.26 Å². The molecule has 1 unspecified atom stereocenters. The van der Waals surface area contributed by atoms with Gasteiger partial charge in [-0.05, 0) is 12.2 Å². The second kappa shape index (κ2) is 6.66. The molecule has 1 atom stereocenters. The molecule has 56 valence electrons. The zero-order chi connectivity index (χ0) is 7.82. The summed E-state index contributed by atoms with van der Waals surface area (Å²) in [7, 11) is 0. The van der Waals surface area contributed by atoms with Crippen LogP contribution in [-0.2, 0) is 0 Å². The lowest BCUT2D eigenvalue weighted by Gasteiger charge is -1.99. The lowest BCUT2D eigenvalue weighted by atomic mass is 10.3. The van der Waals surface area contributed by atoms with Crippen LogP contribution in [-0.4, -0.2) is 17.5 Å². The van der Waals surface area contributed by atoms with Gasteiger partial charge in [0.05, 0.1) is 12.1 Å². The molecule has 0 radical (unpaired) electrons. The number of nitrogens with zero attached hydrogens (tertiary/aromatic N) is 1. The molecule has 0 rings (SSSR count). The van der Waals surface area contributed by atoms with Crippen LogP contribution in [0.5, 0.6) is 0 Å². The predicted octanol–water partition coefficient (Wildman–Crippen LogP) is 1.15. The van der Waals surface area contributed by atoms with Crippen molar-refractivity contribution in [2.75, 3.05) is 11.5 Å². The molecular weight excluding hydrogens is 144 g/mol. The van der Waals surface area contributed by atoms with Gasteiger partial charge in [-0.1, -0.05) is 6.08 Å². The number of nitriles is 1. The largest absolute Gasteiger partial charge is 0.316 e. The Kier molecular flexibility index (Phi) is 6.35. The van der Waals surface area contributed by atoms with Crippen LogP contribution in [0.4, 0.5) is 0 Å². The lowest BCUT2D eigenvalue weighted by molar-refractivity contribution is 0.803. The maximum absolute atomic E-state index is 8.29. The van der Waals surface area contributed by atoms with Gasteiger partial charge in [0.1, 0.15) is 0 Å². The van der Waals surface area contributed by atoms with E-state index in [1.807, 2.05) is 12.1 Å². The molecule has 10 heavy (non-hydrogen) atoms. The topological polar surface area (TPSA) is 49.8 Å². The van der Waals surface area contributed by atoms with E-state index in [2.05, 4.69) is 6.58 Å². The van der Waals surface area contributed by atoms with Crippen molar-refractivity contribution in [3.8, 4) is 6.07 Å². The number of hydrogen-bond acceptors (Lipinski definition) is 3. The Labute approximate surface area is 66.1 Å². The Bertz CT molecular complexity index is 128. The smallest absolute Gasteiger partial charge is 0.0935 e. The molecule has 2 N–H and O–H groups in total. The Morgan fingerprint density at radius 2 is 2.50 bits per heavy atom. The average molecular weight is 156 g/mol. The first-order valence-electron chi connectivity index (χ1n) is 3.15. The number of hydrogen-bond donors (Lipinski definition) is 1. The van der Waals surface area contributed by atoms with E-state index >= 15 is 0 Å². The van der Waals surface area contributed by atoms with Crippen LogP contribution < -0.4 is 5.73 Å². The fraction of sp³-hybridized carbons (Fsp3) is 0.571. The minimum atomic E-state index is -0.294. The highest BCUT2D eigenvalue weighted by Crippen LogP contribution is 2.02. The van der Waals surface area contributed by atoms with Crippen LogP contribution in [0.3, 0.4) is 0 Å². The van der Waals surface area contributed by atoms with Crippen molar-refractivity contribution >= 4 is 11.8 Å². The molecule has 0 amide bonds. The van der Waals surface area contributed by atoms with Gasteiger partial charge in [0.2, 0.25) is 0 Å². The van der Waals surface area contributed by atoms with E-state index in [0.29, 0.717) is 0 Å². The normalized spacial score (nSPS) is 12.0. The number of nitrogens with two attached hydrogens (primary N) is 1. The summed E-state index contributed by atoms with van der Waals surface area (Å²) in [5.74, 6) is 1.89. The molecule has 0 aromatic heterocycles. The summed E-state index contributed by atoms with van der Waals surface area (Å²) in [4.78, 5) is 0. The zero-order valence-corrected chi connectivity index (χ0v) is 6.73. The van der Waals surface area contributed by atoms with Gasteiger partial charge in [0.15, 0.2) is 0 Å². The SMILES string of the molecule is C=CCSCCC(N)C#N. The fourth-order valence-electron chi connectivity index (χ4n) is 0.442. The van der Waals surface area contributed by atoms with Gasteiger partial charge in [0.25, 0.3) is 0 Å². The quantitative estimate of drug-likeness (QED) is 0.480. The number of thioether (sulfide) groups is 1. The third-order valence-electron chi connectivity index (χ3n) is 0.975. The van der Waals surface area contributed by atoms with E-state index in [1.165, 1.54) is 0 Å². The van der Waals surface area contributed by atoms with Gasteiger partial charge in [0, 0.05) is 5.75 Å². The molecule has 0 saturated carbocycles. The first kappa shape index (κ1) is 9.54. The Balaban J connectivity index is 3.05. The van der Waals surface area contributed by atoms with E-state index in [0.717, 1.165) is 17.9 Å². The third kappa shape index (κ3) is 5.67. The fourth-order valence-corrected chi connectivity index (χ4v) is 1.20. The lowest BCUT2D eigenvalue weighted by Crippen LogP contribution is -2.17. The third-order valence-corrected chi connectivity index (χ3v) is 1.97. The van der Waals surface area contributed by atoms with Crippen molar-refractivity contribution < 1.29 is 0 Å². The molecule has 0 spiro atoms. The van der Waals surface area contributed by atoms with Crippen molar-refractivity contribution in [2.45, 2.75) is 12.5 Å². The highest BCUT2D eigenvalue weighted by molar-refractivity contribution is 7.99. The van der Waals surface area contributed by atoms with Crippen molar-refractivity contribution in [2.24, 2.45) is 5.73 Å². The first-order chi connectivity index (χ1) is 4.81. The second-order valence-corrected chi connectivity index (χ2v) is 3.04. The Hall–Kier alpha value is -0.460. The van der Waals surface area contributed by atoms with Gasteiger partial charge in [-0.15, -0.1) is 6.58 Å². The van der Waals surface area contributed by atoms with Crippen molar-refractivity contribution in [1.82, 2.24) is 0 Å². The summed E-state index contributed by atoms with van der Waals surface area (Å²) < 4.78 is 0. The molecule has 0 heterocycles. The van der Waals surface area contributed by atoms with Crippen molar-refractivity contribution in [3.63, 3.8) is 0 Å². The van der Waals surface area contributed by atoms with Gasteiger partial charge >= 0.3 is 0 Å². The summed E-state index contributed by atoms with van der Waals surface area (Å²) >= 11 is 1.75. The molecule has 0 aromatic rings. The minimum Gasteiger partial charge on any atom is -0.316 e. The van der Waals surface area contributed by atoms with E-state index < -0.39 is 0 Å². The monoisotopic (exact) mass is 156 g/mol. The molecule has 0 aliphatic heterocycles. The summed E-state index contributed by atoms with van der Waals surface area (Å²) in [5, 5.41) is 8.29. The van der Waals surface area contributed by atoms with E-state index in [1.54, 1.807) is 11.8 Å². The summed E-state index contributed by atoms with van der Waals surface area (Å²) in [5.41, 5.74) is 5.35.